The van der Waals surface area contributed by atoms with Crippen LogP contribution in [0.3, 0.4) is 0 Å². The smallest absolute Gasteiger partial charge is 0.357 e. The molecule has 0 amide bonds. The molecule has 0 unspecified atom stereocenters. The number of hydrogen-bond donors (Lipinski definition) is 1. The largest absolute Gasteiger partial charge is 0.390 e. The number of nitrogens with zero attached hydrogens (tertiary/aromatic N) is 4. The van der Waals surface area contributed by atoms with Crippen molar-refractivity contribution in [3.05, 3.63) is 34.9 Å². The summed E-state index contributed by atoms with van der Waals surface area (Å²) in [6.07, 6.45) is 1.21. The normalized spacial score (nSPS) is 16.9. The molecule has 3 rings (SSSR count). The maximum atomic E-state index is 11.9. The van der Waals surface area contributed by atoms with Crippen LogP contribution in [0.15, 0.2) is 29.2 Å². The van der Waals surface area contributed by atoms with Crippen LogP contribution in [-0.4, -0.2) is 55.8 Å². The fraction of sp³-hybridized carbons (Fsp3) is 0.364. The molecule has 0 atom stereocenters. The SMILES string of the molecule is O=C(CN1CC(O)C1)n1nc2ccccn2c1=O. The molecule has 7 heteroatoms. The molecule has 0 saturated carbocycles. The van der Waals surface area contributed by atoms with Crippen molar-refractivity contribution in [1.29, 1.82) is 0 Å². The van der Waals surface area contributed by atoms with Gasteiger partial charge in [0, 0.05) is 19.3 Å². The fourth-order valence-electron chi connectivity index (χ4n) is 2.02. The number of likely N-dealkylation sites (tertiary alicyclic amines) is 1. The standard InChI is InChI=1S/C11H12N4O3/c16-8-5-13(6-8)7-10(17)15-11(18)14-4-2-1-3-9(14)12-15/h1-4,8,16H,5-7H2. The summed E-state index contributed by atoms with van der Waals surface area (Å²) in [5.41, 5.74) is -0.0174. The van der Waals surface area contributed by atoms with E-state index in [1.54, 1.807) is 29.3 Å². The van der Waals surface area contributed by atoms with Gasteiger partial charge in [-0.15, -0.1) is 9.78 Å². The molecule has 2 aromatic rings. The van der Waals surface area contributed by atoms with Gasteiger partial charge in [0.25, 0.3) is 5.91 Å². The highest BCUT2D eigenvalue weighted by molar-refractivity contribution is 5.80. The first-order valence-electron chi connectivity index (χ1n) is 5.65. The van der Waals surface area contributed by atoms with Crippen LogP contribution in [0.25, 0.3) is 5.65 Å². The van der Waals surface area contributed by atoms with E-state index in [4.69, 9.17) is 5.11 Å². The highest BCUT2D eigenvalue weighted by atomic mass is 16.3. The lowest BCUT2D eigenvalue weighted by Gasteiger charge is -2.34. The third-order valence-electron chi connectivity index (χ3n) is 2.96. The Balaban J connectivity index is 1.87. The van der Waals surface area contributed by atoms with Crippen molar-refractivity contribution in [2.75, 3.05) is 19.6 Å². The van der Waals surface area contributed by atoms with E-state index in [0.717, 1.165) is 4.68 Å². The zero-order chi connectivity index (χ0) is 12.7. The van der Waals surface area contributed by atoms with Gasteiger partial charge in [-0.2, -0.15) is 0 Å². The molecule has 7 nitrogen and oxygen atoms in total. The predicted molar refractivity (Wildman–Crippen MR) is 62.5 cm³/mol. The van der Waals surface area contributed by atoms with Gasteiger partial charge in [0.05, 0.1) is 12.6 Å². The molecule has 0 aliphatic carbocycles. The quantitative estimate of drug-likeness (QED) is 0.723. The number of β-amino-alcohol motifs (C(OH)–C–C–N with tert-alkyl or cyclic N) is 1. The summed E-state index contributed by atoms with van der Waals surface area (Å²) in [6, 6.07) is 5.12. The number of carbonyl (C=O) groups is 1. The first-order chi connectivity index (χ1) is 8.65. The zero-order valence-corrected chi connectivity index (χ0v) is 9.56. The van der Waals surface area contributed by atoms with Gasteiger partial charge in [-0.3, -0.25) is 9.69 Å². The number of aliphatic hydroxyl groups excluding tert-OH is 1. The van der Waals surface area contributed by atoms with Crippen molar-refractivity contribution < 1.29 is 9.90 Å². The lowest BCUT2D eigenvalue weighted by Crippen LogP contribution is -2.53. The minimum atomic E-state index is -0.461. The van der Waals surface area contributed by atoms with Crippen LogP contribution < -0.4 is 5.69 Å². The molecular weight excluding hydrogens is 236 g/mol. The molecule has 3 heterocycles. The minimum Gasteiger partial charge on any atom is -0.390 e. The average molecular weight is 248 g/mol. The lowest BCUT2D eigenvalue weighted by atomic mass is 10.2. The van der Waals surface area contributed by atoms with Crippen LogP contribution in [0.2, 0.25) is 0 Å². The Bertz CT molecular complexity index is 654. The van der Waals surface area contributed by atoms with Gasteiger partial charge in [0.15, 0.2) is 5.65 Å². The molecule has 0 bridgehead atoms. The summed E-state index contributed by atoms with van der Waals surface area (Å²) >= 11 is 0. The number of hydrogen-bond acceptors (Lipinski definition) is 5. The highest BCUT2D eigenvalue weighted by Crippen LogP contribution is 2.06. The van der Waals surface area contributed by atoms with Crippen molar-refractivity contribution in [2.24, 2.45) is 0 Å². The van der Waals surface area contributed by atoms with Crippen molar-refractivity contribution in [3.63, 3.8) is 0 Å². The summed E-state index contributed by atoms with van der Waals surface area (Å²) in [6.45, 7) is 1.03. The van der Waals surface area contributed by atoms with E-state index in [2.05, 4.69) is 5.10 Å². The Labute approximate surface area is 102 Å². The van der Waals surface area contributed by atoms with Gasteiger partial charge in [0.2, 0.25) is 0 Å². The monoisotopic (exact) mass is 248 g/mol. The summed E-state index contributed by atoms with van der Waals surface area (Å²) < 4.78 is 2.20. The maximum absolute atomic E-state index is 11.9. The Morgan fingerprint density at radius 2 is 2.22 bits per heavy atom. The first kappa shape index (κ1) is 11.1. The van der Waals surface area contributed by atoms with Crippen LogP contribution >= 0.6 is 0 Å². The van der Waals surface area contributed by atoms with E-state index >= 15 is 0 Å². The number of fused-ring (bicyclic) bond motifs is 1. The van der Waals surface area contributed by atoms with Crippen LogP contribution in [0.1, 0.15) is 4.79 Å². The van der Waals surface area contributed by atoms with E-state index in [-0.39, 0.29) is 18.6 Å². The van der Waals surface area contributed by atoms with Crippen LogP contribution in [0.5, 0.6) is 0 Å². The van der Waals surface area contributed by atoms with E-state index in [0.29, 0.717) is 18.7 Å². The summed E-state index contributed by atoms with van der Waals surface area (Å²) in [5, 5.41) is 13.1. The average Bonchev–Trinajstić information content (AvgIpc) is 2.66. The third kappa shape index (κ3) is 1.73. The predicted octanol–water partition coefficient (Wildman–Crippen LogP) is -1.19. The van der Waals surface area contributed by atoms with Crippen molar-refractivity contribution >= 4 is 11.6 Å². The van der Waals surface area contributed by atoms with Gasteiger partial charge >= 0.3 is 5.69 Å². The number of aromatic nitrogens is 3. The highest BCUT2D eigenvalue weighted by Gasteiger charge is 2.27. The molecule has 1 aliphatic heterocycles. The summed E-state index contributed by atoms with van der Waals surface area (Å²) in [4.78, 5) is 25.6. The van der Waals surface area contributed by atoms with Crippen molar-refractivity contribution in [1.82, 2.24) is 19.1 Å². The second-order valence-electron chi connectivity index (χ2n) is 4.36. The minimum absolute atomic E-state index is 0.0981. The Kier molecular flexibility index (Phi) is 2.49. The number of carbonyl (C=O) groups excluding carboxylic acids is 1. The molecule has 1 aliphatic rings. The second-order valence-corrected chi connectivity index (χ2v) is 4.36. The maximum Gasteiger partial charge on any atom is 0.357 e. The molecule has 0 aromatic carbocycles. The van der Waals surface area contributed by atoms with E-state index in [1.807, 2.05) is 0 Å². The van der Waals surface area contributed by atoms with Gasteiger partial charge in [-0.1, -0.05) is 6.07 Å². The molecule has 0 spiro atoms. The van der Waals surface area contributed by atoms with E-state index in [9.17, 15) is 9.59 Å². The van der Waals surface area contributed by atoms with Gasteiger partial charge in [-0.25, -0.2) is 9.20 Å². The Morgan fingerprint density at radius 1 is 1.44 bits per heavy atom. The van der Waals surface area contributed by atoms with E-state index < -0.39 is 5.69 Å². The summed E-state index contributed by atoms with van der Waals surface area (Å²) in [5.74, 6) is -0.379. The molecule has 1 N–H and O–H groups in total. The van der Waals surface area contributed by atoms with Crippen LogP contribution in [-0.2, 0) is 0 Å². The van der Waals surface area contributed by atoms with Crippen molar-refractivity contribution in [2.45, 2.75) is 6.10 Å². The van der Waals surface area contributed by atoms with Crippen LogP contribution in [0.4, 0.5) is 0 Å². The van der Waals surface area contributed by atoms with Crippen molar-refractivity contribution in [3.8, 4) is 0 Å². The Morgan fingerprint density at radius 3 is 2.89 bits per heavy atom. The van der Waals surface area contributed by atoms with Gasteiger partial charge in [0.1, 0.15) is 0 Å². The molecule has 18 heavy (non-hydrogen) atoms. The first-order valence-corrected chi connectivity index (χ1v) is 5.65. The number of aliphatic hydroxyl groups is 1. The topological polar surface area (TPSA) is 79.8 Å². The number of rotatable bonds is 2. The molecule has 94 valence electrons. The molecule has 1 fully saturated rings. The third-order valence-corrected chi connectivity index (χ3v) is 2.96. The van der Waals surface area contributed by atoms with Crippen LogP contribution in [0, 0.1) is 0 Å². The van der Waals surface area contributed by atoms with E-state index in [1.165, 1.54) is 4.40 Å². The summed E-state index contributed by atoms with van der Waals surface area (Å²) in [7, 11) is 0. The van der Waals surface area contributed by atoms with Gasteiger partial charge < -0.3 is 5.11 Å². The molecular formula is C11H12N4O3. The second kappa shape index (κ2) is 4.04. The molecule has 2 aromatic heterocycles. The lowest BCUT2D eigenvalue weighted by molar-refractivity contribution is 0.00291. The zero-order valence-electron chi connectivity index (χ0n) is 9.56. The van der Waals surface area contributed by atoms with Gasteiger partial charge in [-0.05, 0) is 12.1 Å². The Hall–Kier alpha value is -1.99. The molecule has 1 saturated heterocycles. The number of pyridine rings is 1. The fourth-order valence-corrected chi connectivity index (χ4v) is 2.02. The molecule has 0 radical (unpaired) electrons.